The Morgan fingerprint density at radius 2 is 2.07 bits per heavy atom. The lowest BCUT2D eigenvalue weighted by atomic mass is 9.99. The minimum Gasteiger partial charge on any atom is -0.381 e. The largest absolute Gasteiger partial charge is 0.381 e. The number of hydrogen-bond donors (Lipinski definition) is 1. The van der Waals surface area contributed by atoms with Gasteiger partial charge in [0.05, 0.1) is 0 Å². The zero-order chi connectivity index (χ0) is 10.7. The van der Waals surface area contributed by atoms with Gasteiger partial charge in [0.25, 0.3) is 0 Å². The molecule has 1 N–H and O–H groups in total. The van der Waals surface area contributed by atoms with Crippen LogP contribution in [0.3, 0.4) is 0 Å². The van der Waals surface area contributed by atoms with Crippen LogP contribution in [0.4, 0.5) is 0 Å². The average molecular weight is 212 g/mol. The number of carbonyl (C=O) groups is 1. The monoisotopic (exact) mass is 212 g/mol. The van der Waals surface area contributed by atoms with Crippen molar-refractivity contribution < 1.29 is 9.53 Å². The zero-order valence-electron chi connectivity index (χ0n) is 9.37. The van der Waals surface area contributed by atoms with Gasteiger partial charge in [-0.1, -0.05) is 0 Å². The lowest BCUT2D eigenvalue weighted by Gasteiger charge is -2.26. The average Bonchev–Trinajstić information content (AvgIpc) is 2.78. The number of nitrogens with zero attached hydrogens (tertiary/aromatic N) is 1. The van der Waals surface area contributed by atoms with Crippen molar-refractivity contribution in [1.29, 1.82) is 0 Å². The molecule has 2 heterocycles. The normalized spacial score (nSPS) is 28.3. The molecule has 2 rings (SSSR count). The van der Waals surface area contributed by atoms with Crippen LogP contribution >= 0.6 is 0 Å². The number of likely N-dealkylation sites (N-methyl/N-ethyl adjacent to an activating group) is 1. The molecular formula is C11H20N2O2. The lowest BCUT2D eigenvalue weighted by Crippen LogP contribution is -2.39. The molecule has 1 amide bonds. The van der Waals surface area contributed by atoms with Gasteiger partial charge >= 0.3 is 0 Å². The Balaban J connectivity index is 1.85. The van der Waals surface area contributed by atoms with E-state index in [4.69, 9.17) is 4.74 Å². The van der Waals surface area contributed by atoms with E-state index >= 15 is 0 Å². The molecule has 15 heavy (non-hydrogen) atoms. The maximum Gasteiger partial charge on any atom is 0.225 e. The summed E-state index contributed by atoms with van der Waals surface area (Å²) in [4.78, 5) is 14.1. The van der Waals surface area contributed by atoms with Crippen molar-refractivity contribution in [1.82, 2.24) is 10.2 Å². The molecule has 2 aliphatic heterocycles. The highest BCUT2D eigenvalue weighted by molar-refractivity contribution is 5.79. The quantitative estimate of drug-likeness (QED) is 0.712. The van der Waals surface area contributed by atoms with Crippen molar-refractivity contribution in [2.45, 2.75) is 25.3 Å². The number of nitrogens with one attached hydrogen (secondary N) is 1. The summed E-state index contributed by atoms with van der Waals surface area (Å²) in [5.74, 6) is 0.561. The fourth-order valence-corrected chi connectivity index (χ4v) is 2.40. The number of carbonyl (C=O) groups excluding carboxylic acids is 1. The maximum absolute atomic E-state index is 12.1. The summed E-state index contributed by atoms with van der Waals surface area (Å²) in [5, 5.41) is 3.23. The van der Waals surface area contributed by atoms with Gasteiger partial charge in [-0.05, 0) is 26.3 Å². The molecule has 0 bridgehead atoms. The second-order valence-corrected chi connectivity index (χ2v) is 4.45. The Morgan fingerprint density at radius 3 is 2.67 bits per heavy atom. The van der Waals surface area contributed by atoms with Crippen LogP contribution < -0.4 is 5.32 Å². The molecule has 0 aromatic heterocycles. The van der Waals surface area contributed by atoms with Crippen LogP contribution in [0.15, 0.2) is 0 Å². The molecule has 0 aromatic carbocycles. The van der Waals surface area contributed by atoms with Gasteiger partial charge in [-0.3, -0.25) is 4.79 Å². The van der Waals surface area contributed by atoms with Gasteiger partial charge in [-0.25, -0.2) is 0 Å². The van der Waals surface area contributed by atoms with E-state index in [1.807, 2.05) is 11.9 Å². The highest BCUT2D eigenvalue weighted by atomic mass is 16.5. The fraction of sp³-hybridized carbons (Fsp3) is 0.909. The molecule has 0 radical (unpaired) electrons. The smallest absolute Gasteiger partial charge is 0.225 e. The van der Waals surface area contributed by atoms with Gasteiger partial charge in [-0.15, -0.1) is 0 Å². The molecule has 0 aliphatic carbocycles. The second-order valence-electron chi connectivity index (χ2n) is 4.45. The minimum atomic E-state index is 0.217. The Bertz CT molecular complexity index is 227. The van der Waals surface area contributed by atoms with E-state index in [1.165, 1.54) is 0 Å². The van der Waals surface area contributed by atoms with Crippen molar-refractivity contribution in [3.05, 3.63) is 0 Å². The van der Waals surface area contributed by atoms with Crippen LogP contribution in [0, 0.1) is 5.92 Å². The third-order valence-corrected chi connectivity index (χ3v) is 3.48. The first-order valence-electron chi connectivity index (χ1n) is 5.85. The number of hydrogen-bond acceptors (Lipinski definition) is 3. The predicted octanol–water partition coefficient (Wildman–Crippen LogP) is 0.233. The molecule has 1 atom stereocenters. The molecule has 2 saturated heterocycles. The lowest BCUT2D eigenvalue weighted by molar-refractivity contribution is -0.137. The van der Waals surface area contributed by atoms with Crippen LogP contribution in [0.1, 0.15) is 19.3 Å². The Kier molecular flexibility index (Phi) is 3.59. The van der Waals surface area contributed by atoms with Crippen molar-refractivity contribution >= 4 is 5.91 Å². The van der Waals surface area contributed by atoms with E-state index in [0.29, 0.717) is 11.9 Å². The minimum absolute atomic E-state index is 0.217. The van der Waals surface area contributed by atoms with Crippen LogP contribution in [-0.4, -0.2) is 50.2 Å². The molecule has 0 aromatic rings. The first kappa shape index (κ1) is 10.9. The van der Waals surface area contributed by atoms with Gasteiger partial charge in [0.2, 0.25) is 5.91 Å². The summed E-state index contributed by atoms with van der Waals surface area (Å²) in [7, 11) is 1.97. The number of likely N-dealkylation sites (tertiary alicyclic amines) is 1. The molecule has 2 aliphatic rings. The number of rotatable bonds is 2. The van der Waals surface area contributed by atoms with E-state index in [0.717, 1.165) is 45.6 Å². The molecule has 4 nitrogen and oxygen atoms in total. The molecule has 86 valence electrons. The van der Waals surface area contributed by atoms with Crippen molar-refractivity contribution in [3.63, 3.8) is 0 Å². The highest BCUT2D eigenvalue weighted by Gasteiger charge is 2.30. The van der Waals surface area contributed by atoms with Gasteiger partial charge < -0.3 is 15.0 Å². The molecule has 0 spiro atoms. The van der Waals surface area contributed by atoms with E-state index in [9.17, 15) is 4.79 Å². The molecule has 2 fully saturated rings. The Morgan fingerprint density at radius 1 is 1.33 bits per heavy atom. The van der Waals surface area contributed by atoms with Crippen LogP contribution in [-0.2, 0) is 9.53 Å². The van der Waals surface area contributed by atoms with Gasteiger partial charge in [0, 0.05) is 38.3 Å². The van der Waals surface area contributed by atoms with E-state index in [2.05, 4.69) is 5.32 Å². The van der Waals surface area contributed by atoms with Crippen LogP contribution in [0.5, 0.6) is 0 Å². The summed E-state index contributed by atoms with van der Waals surface area (Å²) in [6, 6.07) is 0.494. The predicted molar refractivity (Wildman–Crippen MR) is 57.6 cm³/mol. The van der Waals surface area contributed by atoms with Crippen molar-refractivity contribution in [2.24, 2.45) is 5.92 Å². The first-order valence-corrected chi connectivity index (χ1v) is 5.85. The molecule has 0 saturated carbocycles. The highest BCUT2D eigenvalue weighted by Crippen LogP contribution is 2.20. The second kappa shape index (κ2) is 4.94. The van der Waals surface area contributed by atoms with Crippen LogP contribution in [0.2, 0.25) is 0 Å². The SMILES string of the molecule is CN[C@H]1CCN(C(=O)C2CCOCC2)C1. The summed E-state index contributed by atoms with van der Waals surface area (Å²) >= 11 is 0. The number of ether oxygens (including phenoxy) is 1. The maximum atomic E-state index is 12.1. The summed E-state index contributed by atoms with van der Waals surface area (Å²) in [6.45, 7) is 3.30. The van der Waals surface area contributed by atoms with E-state index in [-0.39, 0.29) is 5.92 Å². The van der Waals surface area contributed by atoms with Gasteiger partial charge in [0.15, 0.2) is 0 Å². The van der Waals surface area contributed by atoms with E-state index < -0.39 is 0 Å². The Labute approximate surface area is 91.0 Å². The third-order valence-electron chi connectivity index (χ3n) is 3.48. The Hall–Kier alpha value is -0.610. The molecular weight excluding hydrogens is 192 g/mol. The third kappa shape index (κ3) is 2.49. The van der Waals surface area contributed by atoms with Crippen molar-refractivity contribution in [2.75, 3.05) is 33.4 Å². The fourth-order valence-electron chi connectivity index (χ4n) is 2.40. The summed E-state index contributed by atoms with van der Waals surface area (Å²) < 4.78 is 5.27. The summed E-state index contributed by atoms with van der Waals surface area (Å²) in [5.41, 5.74) is 0. The van der Waals surface area contributed by atoms with Crippen LogP contribution in [0.25, 0.3) is 0 Å². The number of amides is 1. The molecule has 0 unspecified atom stereocenters. The first-order chi connectivity index (χ1) is 7.31. The van der Waals surface area contributed by atoms with Crippen molar-refractivity contribution in [3.8, 4) is 0 Å². The van der Waals surface area contributed by atoms with Gasteiger partial charge in [-0.2, -0.15) is 0 Å². The van der Waals surface area contributed by atoms with E-state index in [1.54, 1.807) is 0 Å². The standard InChI is InChI=1S/C11H20N2O2/c1-12-10-2-5-13(8-10)11(14)9-3-6-15-7-4-9/h9-10,12H,2-8H2,1H3/t10-/m0/s1. The molecule has 4 heteroatoms. The van der Waals surface area contributed by atoms with Gasteiger partial charge in [0.1, 0.15) is 0 Å². The topological polar surface area (TPSA) is 41.6 Å². The summed E-state index contributed by atoms with van der Waals surface area (Å²) in [6.07, 6.45) is 2.89. The zero-order valence-corrected chi connectivity index (χ0v) is 9.37.